The second kappa shape index (κ2) is 13.9. The molecule has 0 atom stereocenters. The Labute approximate surface area is 293 Å². The van der Waals surface area contributed by atoms with Crippen LogP contribution in [0.1, 0.15) is 44.5 Å². The van der Waals surface area contributed by atoms with Gasteiger partial charge in [0.2, 0.25) is 0 Å². The minimum atomic E-state index is 0.202. The van der Waals surface area contributed by atoms with Crippen LogP contribution in [0.2, 0.25) is 0 Å². The molecule has 0 aromatic heterocycles. The van der Waals surface area contributed by atoms with Crippen LogP contribution in [0.4, 0.5) is 0 Å². The van der Waals surface area contributed by atoms with Gasteiger partial charge in [-0.2, -0.15) is 0 Å². The zero-order chi connectivity index (χ0) is 34.8. The second-order valence-electron chi connectivity index (χ2n) is 12.7. The van der Waals surface area contributed by atoms with E-state index in [-0.39, 0.29) is 11.5 Å². The predicted octanol–water partition coefficient (Wildman–Crippen LogP) is 9.14. The Morgan fingerprint density at radius 1 is 0.360 bits per heavy atom. The molecule has 0 radical (unpaired) electrons. The number of hydrogen-bond acceptors (Lipinski definition) is 6. The summed E-state index contributed by atoms with van der Waals surface area (Å²) in [7, 11) is 6.62. The van der Waals surface area contributed by atoms with Crippen molar-refractivity contribution in [3.8, 4) is 56.8 Å². The van der Waals surface area contributed by atoms with Crippen LogP contribution in [-0.4, -0.2) is 38.7 Å². The second-order valence-corrected chi connectivity index (χ2v) is 12.7. The molecule has 6 heteroatoms. The Kier molecular flexibility index (Phi) is 9.09. The summed E-state index contributed by atoms with van der Waals surface area (Å²) in [5, 5.41) is 23.9. The van der Waals surface area contributed by atoms with E-state index in [0.717, 1.165) is 44.5 Å². The number of ether oxygens (including phenoxy) is 4. The van der Waals surface area contributed by atoms with Crippen LogP contribution in [0.5, 0.6) is 34.5 Å². The first kappa shape index (κ1) is 32.7. The van der Waals surface area contributed by atoms with Gasteiger partial charge in [-0.3, -0.25) is 0 Å². The molecule has 0 spiro atoms. The number of fused-ring (bicyclic) bond motifs is 8. The number of methoxy groups -OCH3 is 4. The highest BCUT2D eigenvalue weighted by molar-refractivity contribution is 5.71. The molecular formula is C44H40O6. The molecular weight excluding hydrogens is 624 g/mol. The van der Waals surface area contributed by atoms with Gasteiger partial charge in [0.05, 0.1) is 28.4 Å². The lowest BCUT2D eigenvalue weighted by Gasteiger charge is -2.22. The van der Waals surface area contributed by atoms with Gasteiger partial charge in [0.1, 0.15) is 34.5 Å². The maximum absolute atomic E-state index is 12.0. The van der Waals surface area contributed by atoms with Crippen LogP contribution in [0.15, 0.2) is 109 Å². The molecule has 0 amide bonds. The molecule has 252 valence electrons. The van der Waals surface area contributed by atoms with Crippen LogP contribution in [0, 0.1) is 0 Å². The molecule has 6 aromatic rings. The number of phenols is 2. The largest absolute Gasteiger partial charge is 0.507 e. The number of aromatic hydroxyl groups is 2. The van der Waals surface area contributed by atoms with E-state index in [2.05, 4.69) is 48.5 Å². The first-order valence-electron chi connectivity index (χ1n) is 16.7. The Morgan fingerprint density at radius 3 is 0.920 bits per heavy atom. The van der Waals surface area contributed by atoms with E-state index in [1.54, 1.807) is 28.4 Å². The third kappa shape index (κ3) is 6.32. The first-order chi connectivity index (χ1) is 24.4. The molecule has 0 fully saturated rings. The number of benzene rings is 6. The van der Waals surface area contributed by atoms with Crippen LogP contribution in [-0.2, 0) is 25.7 Å². The summed E-state index contributed by atoms with van der Waals surface area (Å²) in [6.45, 7) is 0. The quantitative estimate of drug-likeness (QED) is 0.185. The van der Waals surface area contributed by atoms with Gasteiger partial charge < -0.3 is 29.2 Å². The molecule has 7 rings (SSSR count). The molecule has 1 aliphatic rings. The SMILES string of the molecule is COc1cc2c(O)c(c1)Cc1cc(-c3ccccc3)cc(c1OC)Cc1cc(OC)cc(c1O)Cc1cc(-c3ccccc3)cc(c1OC)C2. The number of rotatable bonds is 6. The van der Waals surface area contributed by atoms with Gasteiger partial charge in [-0.25, -0.2) is 0 Å². The molecule has 2 N–H and O–H groups in total. The zero-order valence-electron chi connectivity index (χ0n) is 28.7. The van der Waals surface area contributed by atoms with E-state index in [1.165, 1.54) is 0 Å². The van der Waals surface area contributed by atoms with Crippen molar-refractivity contribution in [2.24, 2.45) is 0 Å². The van der Waals surface area contributed by atoms with Gasteiger partial charge in [-0.15, -0.1) is 0 Å². The maximum Gasteiger partial charge on any atom is 0.125 e. The van der Waals surface area contributed by atoms with Crippen LogP contribution in [0.3, 0.4) is 0 Å². The van der Waals surface area contributed by atoms with Gasteiger partial charge in [-0.1, -0.05) is 60.7 Å². The lowest BCUT2D eigenvalue weighted by molar-refractivity contribution is 0.400. The fourth-order valence-corrected chi connectivity index (χ4v) is 7.20. The minimum absolute atomic E-state index is 0.202. The summed E-state index contributed by atoms with van der Waals surface area (Å²) in [6, 6.07) is 36.4. The van der Waals surface area contributed by atoms with Crippen molar-refractivity contribution in [2.45, 2.75) is 25.7 Å². The molecule has 6 aromatic carbocycles. The summed E-state index contributed by atoms with van der Waals surface area (Å²) in [5.41, 5.74) is 10.6. The van der Waals surface area contributed by atoms with Gasteiger partial charge in [0, 0.05) is 47.9 Å². The zero-order valence-corrected chi connectivity index (χ0v) is 28.7. The standard InChI is InChI=1S/C44H40O6/c1-47-39-23-31-19-35-15-29(27-11-7-5-8-12-27)17-37(43(35)49-3)21-33-25-40(48-2)26-34(42(33)46)22-38-18-30(28-13-9-6-10-14-28)16-36(44(38)50-4)20-32(24-39)41(31)45/h5-18,23-26,45-46H,19-22H2,1-4H3. The average Bonchev–Trinajstić information content (AvgIpc) is 3.14. The van der Waals surface area contributed by atoms with Crippen molar-refractivity contribution >= 4 is 0 Å². The van der Waals surface area contributed by atoms with Crippen molar-refractivity contribution < 1.29 is 29.2 Å². The highest BCUT2D eigenvalue weighted by Gasteiger charge is 2.23. The molecule has 8 bridgehead atoms. The van der Waals surface area contributed by atoms with E-state index in [1.807, 2.05) is 60.7 Å². The average molecular weight is 665 g/mol. The molecule has 0 saturated heterocycles. The van der Waals surface area contributed by atoms with Gasteiger partial charge >= 0.3 is 0 Å². The van der Waals surface area contributed by atoms with E-state index < -0.39 is 0 Å². The van der Waals surface area contributed by atoms with Crippen LogP contribution < -0.4 is 18.9 Å². The van der Waals surface area contributed by atoms with Crippen molar-refractivity contribution in [3.63, 3.8) is 0 Å². The molecule has 0 heterocycles. The van der Waals surface area contributed by atoms with E-state index in [4.69, 9.17) is 18.9 Å². The number of phenolic OH excluding ortho intramolecular Hbond substituents is 2. The lowest BCUT2D eigenvalue weighted by Crippen LogP contribution is -2.05. The number of hydrogen-bond donors (Lipinski definition) is 2. The smallest absolute Gasteiger partial charge is 0.125 e. The lowest BCUT2D eigenvalue weighted by atomic mass is 9.88. The van der Waals surface area contributed by atoms with Gasteiger partial charge in [-0.05, 0) is 93.0 Å². The van der Waals surface area contributed by atoms with Crippen LogP contribution >= 0.6 is 0 Å². The van der Waals surface area contributed by atoms with Gasteiger partial charge in [0.15, 0.2) is 0 Å². The predicted molar refractivity (Wildman–Crippen MR) is 197 cm³/mol. The highest BCUT2D eigenvalue weighted by atomic mass is 16.5. The van der Waals surface area contributed by atoms with E-state index in [9.17, 15) is 10.2 Å². The molecule has 0 saturated carbocycles. The Morgan fingerprint density at radius 2 is 0.660 bits per heavy atom. The van der Waals surface area contributed by atoms with Gasteiger partial charge in [0.25, 0.3) is 0 Å². The monoisotopic (exact) mass is 664 g/mol. The van der Waals surface area contributed by atoms with E-state index in [0.29, 0.717) is 70.9 Å². The normalized spacial score (nSPS) is 12.2. The molecule has 0 unspecified atom stereocenters. The minimum Gasteiger partial charge on any atom is -0.507 e. The molecule has 50 heavy (non-hydrogen) atoms. The summed E-state index contributed by atoms with van der Waals surface area (Å²) in [4.78, 5) is 0. The first-order valence-corrected chi connectivity index (χ1v) is 16.7. The Balaban J connectivity index is 1.52. The van der Waals surface area contributed by atoms with Crippen molar-refractivity contribution in [3.05, 3.63) is 154 Å². The van der Waals surface area contributed by atoms with Crippen molar-refractivity contribution in [1.29, 1.82) is 0 Å². The van der Waals surface area contributed by atoms with Crippen molar-refractivity contribution in [2.75, 3.05) is 28.4 Å². The summed E-state index contributed by atoms with van der Waals surface area (Å²) in [6.07, 6.45) is 1.53. The maximum atomic E-state index is 12.0. The Hall–Kier alpha value is -5.88. The highest BCUT2D eigenvalue weighted by Crippen LogP contribution is 2.42. The molecule has 6 nitrogen and oxygen atoms in total. The molecule has 0 aliphatic heterocycles. The fraction of sp³-hybridized carbons (Fsp3) is 0.182. The summed E-state index contributed by atoms with van der Waals surface area (Å²) >= 11 is 0. The Bertz CT molecular complexity index is 1920. The topological polar surface area (TPSA) is 77.4 Å². The summed E-state index contributed by atoms with van der Waals surface area (Å²) in [5.74, 6) is 3.10. The third-order valence-corrected chi connectivity index (χ3v) is 9.59. The summed E-state index contributed by atoms with van der Waals surface area (Å²) < 4.78 is 23.8. The van der Waals surface area contributed by atoms with Crippen LogP contribution in [0.25, 0.3) is 22.3 Å². The van der Waals surface area contributed by atoms with Crippen molar-refractivity contribution in [1.82, 2.24) is 0 Å². The third-order valence-electron chi connectivity index (χ3n) is 9.59. The molecule has 1 aliphatic carbocycles. The fourth-order valence-electron chi connectivity index (χ4n) is 7.20. The van der Waals surface area contributed by atoms with E-state index >= 15 is 0 Å².